The van der Waals surface area contributed by atoms with E-state index < -0.39 is 0 Å². The Morgan fingerprint density at radius 2 is 1.70 bits per heavy atom. The third kappa shape index (κ3) is 14.6. The second-order valence-electron chi connectivity index (χ2n) is 8.78. The molecule has 3 aromatic rings. The Bertz CT molecular complexity index is 1030. The SMILES string of the molecule is CC.CC=O.CCC(=O)CCCCCCc1ncc(-c2ccc(-n3cccn3)cc2)o1.CN.CN1CC(C=O)C1. The molecule has 0 saturated carbocycles. The van der Waals surface area contributed by atoms with Crippen LogP contribution in [0.5, 0.6) is 0 Å². The van der Waals surface area contributed by atoms with Crippen LogP contribution in [0, 0.1) is 5.92 Å². The molecule has 0 aliphatic carbocycles. The largest absolute Gasteiger partial charge is 0.441 e. The molecule has 0 bridgehead atoms. The van der Waals surface area contributed by atoms with Gasteiger partial charge in [-0.3, -0.25) is 4.79 Å². The summed E-state index contributed by atoms with van der Waals surface area (Å²) in [6, 6.07) is 9.97. The number of aldehydes is 2. The number of oxazole rings is 1. The summed E-state index contributed by atoms with van der Waals surface area (Å²) in [6.45, 7) is 9.29. The Labute approximate surface area is 240 Å². The van der Waals surface area contributed by atoms with Gasteiger partial charge in [0.25, 0.3) is 0 Å². The Balaban J connectivity index is 0.000000904. The number of Topliss-reactive ketones (excluding diaryl/α,β-unsaturated/α-hetero) is 1. The third-order valence-electron chi connectivity index (χ3n) is 5.75. The number of carbonyl (C=O) groups is 3. The van der Waals surface area contributed by atoms with Crippen LogP contribution in [-0.2, 0) is 20.8 Å². The Hall–Kier alpha value is -3.43. The van der Waals surface area contributed by atoms with Gasteiger partial charge in [0.15, 0.2) is 11.7 Å². The molecule has 9 nitrogen and oxygen atoms in total. The maximum atomic E-state index is 11.3. The highest BCUT2D eigenvalue weighted by atomic mass is 16.4. The van der Waals surface area contributed by atoms with Gasteiger partial charge in [-0.15, -0.1) is 0 Å². The summed E-state index contributed by atoms with van der Waals surface area (Å²) in [6.07, 6.45) is 13.7. The topological polar surface area (TPSA) is 124 Å². The van der Waals surface area contributed by atoms with E-state index in [0.29, 0.717) is 24.5 Å². The lowest BCUT2D eigenvalue weighted by molar-refractivity contribution is -0.119. The molecule has 0 unspecified atom stereocenters. The number of nitrogens with two attached hydrogens (primary N) is 1. The summed E-state index contributed by atoms with van der Waals surface area (Å²) in [4.78, 5) is 36.5. The molecular formula is C31H49N5O4. The maximum absolute atomic E-state index is 11.3. The Kier molecular flexibility index (Phi) is 21.4. The van der Waals surface area contributed by atoms with Gasteiger partial charge in [-0.1, -0.05) is 33.6 Å². The lowest BCUT2D eigenvalue weighted by Gasteiger charge is -2.31. The first kappa shape index (κ1) is 36.6. The van der Waals surface area contributed by atoms with E-state index in [2.05, 4.69) is 20.7 Å². The average molecular weight is 556 g/mol. The summed E-state index contributed by atoms with van der Waals surface area (Å²) in [5.74, 6) is 2.27. The highest BCUT2D eigenvalue weighted by molar-refractivity contribution is 5.77. The fraction of sp³-hybridized carbons (Fsp3) is 0.516. The van der Waals surface area contributed by atoms with Crippen LogP contribution in [-0.4, -0.2) is 65.2 Å². The van der Waals surface area contributed by atoms with Gasteiger partial charge in [0.05, 0.1) is 11.9 Å². The van der Waals surface area contributed by atoms with Crippen molar-refractivity contribution in [1.82, 2.24) is 19.7 Å². The maximum Gasteiger partial charge on any atom is 0.194 e. The first-order chi connectivity index (χ1) is 19.5. The molecule has 0 spiro atoms. The zero-order valence-electron chi connectivity index (χ0n) is 25.2. The number of aromatic nitrogens is 3. The quantitative estimate of drug-likeness (QED) is 0.241. The van der Waals surface area contributed by atoms with Crippen molar-refractivity contribution >= 4 is 18.4 Å². The lowest BCUT2D eigenvalue weighted by Crippen LogP contribution is -2.44. The van der Waals surface area contributed by atoms with Crippen LogP contribution in [0.3, 0.4) is 0 Å². The van der Waals surface area contributed by atoms with Crippen molar-refractivity contribution in [3.8, 4) is 17.0 Å². The van der Waals surface area contributed by atoms with E-state index in [9.17, 15) is 9.59 Å². The van der Waals surface area contributed by atoms with Crippen molar-refractivity contribution in [2.75, 3.05) is 27.2 Å². The van der Waals surface area contributed by atoms with Gasteiger partial charge in [-0.25, -0.2) is 9.67 Å². The molecule has 0 amide bonds. The molecule has 1 aliphatic heterocycles. The molecule has 0 radical (unpaired) electrons. The molecule has 40 heavy (non-hydrogen) atoms. The first-order valence-corrected chi connectivity index (χ1v) is 14.2. The van der Waals surface area contributed by atoms with Gasteiger partial charge in [-0.05, 0) is 64.2 Å². The monoisotopic (exact) mass is 555 g/mol. The highest BCUT2D eigenvalue weighted by Crippen LogP contribution is 2.22. The fourth-order valence-electron chi connectivity index (χ4n) is 3.72. The van der Waals surface area contributed by atoms with Crippen molar-refractivity contribution in [3.05, 3.63) is 54.8 Å². The molecule has 2 N–H and O–H groups in total. The van der Waals surface area contributed by atoms with Gasteiger partial charge >= 0.3 is 0 Å². The molecule has 1 aromatic carbocycles. The zero-order chi connectivity index (χ0) is 30.2. The molecule has 1 saturated heterocycles. The number of unbranched alkanes of at least 4 members (excludes halogenated alkanes) is 3. The van der Waals surface area contributed by atoms with Crippen LogP contribution < -0.4 is 5.73 Å². The third-order valence-corrected chi connectivity index (χ3v) is 5.75. The highest BCUT2D eigenvalue weighted by Gasteiger charge is 2.21. The van der Waals surface area contributed by atoms with E-state index in [1.165, 1.54) is 14.0 Å². The molecule has 2 aromatic heterocycles. The minimum atomic E-state index is 0.338. The van der Waals surface area contributed by atoms with Crippen molar-refractivity contribution < 1.29 is 18.8 Å². The van der Waals surface area contributed by atoms with Crippen LogP contribution in [0.2, 0.25) is 0 Å². The zero-order valence-corrected chi connectivity index (χ0v) is 25.2. The number of benzene rings is 1. The fourth-order valence-corrected chi connectivity index (χ4v) is 3.72. The van der Waals surface area contributed by atoms with Gasteiger partial charge in [0.1, 0.15) is 18.4 Å². The average Bonchev–Trinajstić information content (AvgIpc) is 3.69. The first-order valence-electron chi connectivity index (χ1n) is 14.2. The Morgan fingerprint density at radius 1 is 1.07 bits per heavy atom. The van der Waals surface area contributed by atoms with E-state index in [-0.39, 0.29) is 0 Å². The summed E-state index contributed by atoms with van der Waals surface area (Å²) in [5, 5.41) is 4.22. The van der Waals surface area contributed by atoms with Gasteiger partial charge in [0.2, 0.25) is 0 Å². The van der Waals surface area contributed by atoms with Crippen LogP contribution in [0.25, 0.3) is 17.0 Å². The van der Waals surface area contributed by atoms with E-state index in [0.717, 1.165) is 80.7 Å². The van der Waals surface area contributed by atoms with Crippen molar-refractivity contribution in [2.24, 2.45) is 11.7 Å². The Morgan fingerprint density at radius 3 is 2.20 bits per heavy atom. The summed E-state index contributed by atoms with van der Waals surface area (Å²) < 4.78 is 7.70. The second kappa shape index (κ2) is 23.5. The number of aryl methyl sites for hydroxylation is 1. The molecule has 4 rings (SSSR count). The van der Waals surface area contributed by atoms with E-state index in [4.69, 9.17) is 9.21 Å². The van der Waals surface area contributed by atoms with Crippen LogP contribution in [0.4, 0.5) is 0 Å². The minimum Gasteiger partial charge on any atom is -0.441 e. The number of ketones is 1. The number of carbonyl (C=O) groups excluding carboxylic acids is 3. The number of hydrogen-bond acceptors (Lipinski definition) is 8. The van der Waals surface area contributed by atoms with Crippen molar-refractivity contribution in [1.29, 1.82) is 0 Å². The number of hydrogen-bond donors (Lipinski definition) is 1. The number of nitrogens with zero attached hydrogens (tertiary/aromatic N) is 4. The molecular weight excluding hydrogens is 506 g/mol. The molecule has 9 heteroatoms. The summed E-state index contributed by atoms with van der Waals surface area (Å²) >= 11 is 0. The lowest BCUT2D eigenvalue weighted by atomic mass is 10.0. The predicted octanol–water partition coefficient (Wildman–Crippen LogP) is 5.55. The molecule has 1 fully saturated rings. The molecule has 1 aliphatic rings. The van der Waals surface area contributed by atoms with E-state index in [1.54, 1.807) is 12.4 Å². The smallest absolute Gasteiger partial charge is 0.194 e. The molecule has 3 heterocycles. The predicted molar refractivity (Wildman–Crippen MR) is 161 cm³/mol. The molecule has 0 atom stereocenters. The number of rotatable bonds is 11. The van der Waals surface area contributed by atoms with Crippen LogP contribution >= 0.6 is 0 Å². The molecule has 222 valence electrons. The van der Waals surface area contributed by atoms with Crippen molar-refractivity contribution in [2.45, 2.75) is 72.6 Å². The van der Waals surface area contributed by atoms with Crippen LogP contribution in [0.1, 0.15) is 72.1 Å². The van der Waals surface area contributed by atoms with Crippen LogP contribution in [0.15, 0.2) is 53.3 Å². The van der Waals surface area contributed by atoms with Gasteiger partial charge in [-0.2, -0.15) is 5.10 Å². The second-order valence-corrected chi connectivity index (χ2v) is 8.78. The summed E-state index contributed by atoms with van der Waals surface area (Å²) in [5.41, 5.74) is 6.53. The standard InChI is InChI=1S/C21H25N3O2.C5H9NO.C2H4O.C2H6.CH5N/c1-2-19(25)8-5-3-4-6-9-21-22-16-20(26-21)17-10-12-18(13-11-17)24-15-7-14-23-24;1-6-2-5(3-6)4-7;1-2-3;2*1-2/h7,10-16H,2-6,8-9H2,1H3;4-5H,2-3H2,1H3;2H,1H3;1-2H3;2H2,1H3. The van der Waals surface area contributed by atoms with Gasteiger partial charge < -0.3 is 24.6 Å². The van der Waals surface area contributed by atoms with Crippen molar-refractivity contribution in [3.63, 3.8) is 0 Å². The minimum absolute atomic E-state index is 0.338. The number of likely N-dealkylation sites (tertiary alicyclic amines) is 1. The van der Waals surface area contributed by atoms with Gasteiger partial charge in [0, 0.05) is 56.2 Å². The summed E-state index contributed by atoms with van der Waals surface area (Å²) in [7, 11) is 3.51. The normalized spacial score (nSPS) is 12.0. The van der Waals surface area contributed by atoms with E-state index >= 15 is 0 Å². The van der Waals surface area contributed by atoms with E-state index in [1.807, 2.05) is 69.0 Å².